The zero-order chi connectivity index (χ0) is 49.9. The van der Waals surface area contributed by atoms with Gasteiger partial charge in [0.05, 0.1) is 32.8 Å². The molecule has 0 radical (unpaired) electrons. The number of ketones is 1. The molecule has 2 unspecified atom stereocenters. The summed E-state index contributed by atoms with van der Waals surface area (Å²) < 4.78 is 93.5. The van der Waals surface area contributed by atoms with Gasteiger partial charge in [0, 0.05) is 31.4 Å². The van der Waals surface area contributed by atoms with Gasteiger partial charge in [-0.1, -0.05) is 72.8 Å². The van der Waals surface area contributed by atoms with E-state index in [9.17, 15) is 37.6 Å². The van der Waals surface area contributed by atoms with Crippen LogP contribution in [0.5, 0.6) is 5.75 Å². The predicted octanol–water partition coefficient (Wildman–Crippen LogP) is 5.23. The summed E-state index contributed by atoms with van der Waals surface area (Å²) in [6.07, 6.45) is -8.91. The smallest absolute Gasteiger partial charge is 0.471 e. The van der Waals surface area contributed by atoms with Crippen molar-refractivity contribution in [2.75, 3.05) is 40.0 Å². The number of nitrogens with one attached hydrogen (secondary N) is 3. The first-order valence-corrected chi connectivity index (χ1v) is 23.2. The maximum atomic E-state index is 15.4. The van der Waals surface area contributed by atoms with Gasteiger partial charge in [0.1, 0.15) is 36.3 Å². The summed E-state index contributed by atoms with van der Waals surface area (Å²) in [6.45, 7) is 5.63. The van der Waals surface area contributed by atoms with Crippen LogP contribution in [-0.2, 0) is 47.8 Å². The molecular weight excluding hydrogens is 915 g/mol. The number of urea groups is 1. The highest BCUT2D eigenvalue weighted by Gasteiger charge is 2.56. The Morgan fingerprint density at radius 3 is 2.03 bits per heavy atom. The fourth-order valence-corrected chi connectivity index (χ4v) is 10.1. The van der Waals surface area contributed by atoms with Gasteiger partial charge in [-0.3, -0.25) is 34.1 Å². The number of rotatable bonds is 23. The summed E-state index contributed by atoms with van der Waals surface area (Å²) >= 11 is 0. The fourth-order valence-electron chi connectivity index (χ4n) is 7.83. The topological polar surface area (TPSA) is 233 Å². The maximum Gasteiger partial charge on any atom is 0.471 e. The highest BCUT2D eigenvalue weighted by molar-refractivity contribution is 7.51. The van der Waals surface area contributed by atoms with Gasteiger partial charge < -0.3 is 34.9 Å². The normalized spacial score (nSPS) is 21.6. The minimum Gasteiger partial charge on any atom is -0.497 e. The third-order valence-corrected chi connectivity index (χ3v) is 13.5. The number of amides is 4. The van der Waals surface area contributed by atoms with Gasteiger partial charge in [-0.25, -0.2) is 14.0 Å². The minimum atomic E-state index is -5.14. The first kappa shape index (κ1) is 53.3. The molecule has 3 aromatic rings. The van der Waals surface area contributed by atoms with Crippen LogP contribution in [0.4, 0.5) is 18.0 Å². The summed E-state index contributed by atoms with van der Waals surface area (Å²) in [5, 5.41) is 15.9. The minimum absolute atomic E-state index is 0.175. The van der Waals surface area contributed by atoms with E-state index in [1.165, 1.54) is 31.0 Å². The quantitative estimate of drug-likeness (QED) is 0.0542. The van der Waals surface area contributed by atoms with E-state index in [2.05, 4.69) is 10.6 Å². The first-order valence-electron chi connectivity index (χ1n) is 21.7. The van der Waals surface area contributed by atoms with Gasteiger partial charge in [-0.2, -0.15) is 18.4 Å². The Morgan fingerprint density at radius 1 is 0.941 bits per heavy atom. The molecular formula is C46H57F3N7O11P. The first-order chi connectivity index (χ1) is 32.2. The summed E-state index contributed by atoms with van der Waals surface area (Å²) in [5.74, 6) is -3.10. The Bertz CT molecular complexity index is 2270. The molecule has 0 bridgehead atoms. The average molecular weight is 972 g/mol. The van der Waals surface area contributed by atoms with E-state index < -0.39 is 112 Å². The van der Waals surface area contributed by atoms with E-state index in [1.807, 2.05) is 78.9 Å². The van der Waals surface area contributed by atoms with E-state index in [4.69, 9.17) is 33.7 Å². The number of hydrogen-bond donors (Lipinski definition) is 4. The second-order valence-corrected chi connectivity index (χ2v) is 18.2. The Kier molecular flexibility index (Phi) is 18.1. The molecule has 2 aliphatic rings. The van der Waals surface area contributed by atoms with Crippen molar-refractivity contribution in [1.29, 1.82) is 5.26 Å². The lowest BCUT2D eigenvalue weighted by Crippen LogP contribution is -2.66. The summed E-state index contributed by atoms with van der Waals surface area (Å²) in [6, 6.07) is 25.8. The number of nitrogens with zero attached hydrogens (tertiary/aromatic N) is 3. The molecule has 1 fully saturated rings. The van der Waals surface area contributed by atoms with Crippen LogP contribution in [0.2, 0.25) is 0 Å². The van der Waals surface area contributed by atoms with Gasteiger partial charge in [0.2, 0.25) is 5.91 Å². The number of Topliss-reactive ketones (excluding diaryl/α,β-unsaturated/α-hetero) is 1. The van der Waals surface area contributed by atoms with Crippen LogP contribution in [0.25, 0.3) is 0 Å². The summed E-state index contributed by atoms with van der Waals surface area (Å²) in [5.41, 5.74) is 4.90. The van der Waals surface area contributed by atoms with Gasteiger partial charge in [0.25, 0.3) is 0 Å². The third kappa shape index (κ3) is 12.5. The standard InChI is InChI=1S/C46H57F3N7O11P/c1-30(2)56(31(3)4)68(61,65-27-13-23-50)67-39-37(28-64-45(33-14-9-7-10-15-33,34-16-11-8-12-17-34)35-18-20-36(62-6)21-19-35)66-41(55-26-22-44(51,32(5)57)54-43(55)60)40(39)63-29-38(58)52-24-25-53-42(59)46(47,48)49/h7-12,14-22,26,30-31,37,39-41H,13,24-25,27-29,51H2,1-6H3,(H,52,58)(H,53,59)(H,54,60)/t37-,39-,40-,41-,44?,68?/m1/s1. The highest BCUT2D eigenvalue weighted by Crippen LogP contribution is 2.57. The zero-order valence-corrected chi connectivity index (χ0v) is 39.3. The van der Waals surface area contributed by atoms with E-state index in [-0.39, 0.29) is 13.0 Å². The Hall–Kier alpha value is -5.69. The molecule has 5 N–H and O–H groups in total. The second-order valence-electron chi connectivity index (χ2n) is 16.3. The lowest BCUT2D eigenvalue weighted by Gasteiger charge is -2.40. The Labute approximate surface area is 392 Å². The van der Waals surface area contributed by atoms with Crippen molar-refractivity contribution in [1.82, 2.24) is 25.5 Å². The number of methoxy groups -OCH3 is 1. The number of carbonyl (C=O) groups excluding carboxylic acids is 4. The summed E-state index contributed by atoms with van der Waals surface area (Å²) in [7, 11) is -3.00. The third-order valence-electron chi connectivity index (χ3n) is 11.0. The molecule has 368 valence electrons. The molecule has 2 heterocycles. The largest absolute Gasteiger partial charge is 0.497 e. The molecule has 4 amide bonds. The highest BCUT2D eigenvalue weighted by atomic mass is 31.2. The number of benzene rings is 3. The van der Waals surface area contributed by atoms with Crippen LogP contribution < -0.4 is 26.4 Å². The van der Waals surface area contributed by atoms with Crippen LogP contribution in [0.15, 0.2) is 97.2 Å². The average Bonchev–Trinajstić information content (AvgIpc) is 3.62. The van der Waals surface area contributed by atoms with Crippen molar-refractivity contribution >= 4 is 31.4 Å². The van der Waals surface area contributed by atoms with Crippen LogP contribution in [-0.4, -0.2) is 122 Å². The number of halogens is 3. The van der Waals surface area contributed by atoms with E-state index in [1.54, 1.807) is 45.1 Å². The molecule has 2 aliphatic heterocycles. The number of nitriles is 1. The van der Waals surface area contributed by atoms with Crippen molar-refractivity contribution in [3.8, 4) is 11.8 Å². The van der Waals surface area contributed by atoms with E-state index >= 15 is 4.57 Å². The van der Waals surface area contributed by atoms with Crippen molar-refractivity contribution in [2.24, 2.45) is 5.73 Å². The van der Waals surface area contributed by atoms with Crippen molar-refractivity contribution < 1.29 is 64.9 Å². The van der Waals surface area contributed by atoms with Gasteiger partial charge in [-0.05, 0) is 69.5 Å². The monoisotopic (exact) mass is 971 g/mol. The zero-order valence-electron chi connectivity index (χ0n) is 38.4. The molecule has 5 rings (SSSR count). The molecule has 0 aliphatic carbocycles. The molecule has 0 spiro atoms. The number of carbonyl (C=O) groups is 4. The fraction of sp³-hybridized carbons (Fsp3) is 0.457. The van der Waals surface area contributed by atoms with Crippen LogP contribution in [0, 0.1) is 11.3 Å². The predicted molar refractivity (Wildman–Crippen MR) is 240 cm³/mol. The SMILES string of the molecule is COc1ccc(C(OC[C@H]2O[C@@H](N3C=CC(N)(C(C)=O)NC3=O)[C@H](OCC(=O)NCCNC(=O)C(F)(F)F)[C@@H]2OP(=O)(OCCC#N)N(C(C)C)C(C)C)(c2ccccc2)c2ccccc2)cc1. The second kappa shape index (κ2) is 23.1. The van der Waals surface area contributed by atoms with Crippen molar-refractivity contribution in [3.63, 3.8) is 0 Å². The lowest BCUT2D eigenvalue weighted by atomic mass is 9.80. The maximum absolute atomic E-state index is 15.4. The van der Waals surface area contributed by atoms with Gasteiger partial charge in [0.15, 0.2) is 17.7 Å². The van der Waals surface area contributed by atoms with Crippen LogP contribution >= 0.6 is 7.75 Å². The number of alkyl halides is 3. The van der Waals surface area contributed by atoms with Crippen molar-refractivity contribution in [3.05, 3.63) is 114 Å². The molecule has 1 saturated heterocycles. The number of hydrogen-bond acceptors (Lipinski definition) is 13. The van der Waals surface area contributed by atoms with E-state index in [0.29, 0.717) is 22.4 Å². The summed E-state index contributed by atoms with van der Waals surface area (Å²) in [4.78, 5) is 52.1. The molecule has 3 aromatic carbocycles. The van der Waals surface area contributed by atoms with Crippen molar-refractivity contribution in [2.45, 2.75) is 95.1 Å². The van der Waals surface area contributed by atoms with Gasteiger partial charge >= 0.3 is 25.9 Å². The molecule has 6 atom stereocenters. The molecule has 0 aromatic heterocycles. The lowest BCUT2D eigenvalue weighted by molar-refractivity contribution is -0.173. The molecule has 0 saturated carbocycles. The Morgan fingerprint density at radius 2 is 1.51 bits per heavy atom. The molecule has 68 heavy (non-hydrogen) atoms. The van der Waals surface area contributed by atoms with Crippen LogP contribution in [0.3, 0.4) is 0 Å². The molecule has 22 heteroatoms. The number of nitrogens with two attached hydrogens (primary N) is 1. The number of ether oxygens (including phenoxy) is 4. The molecule has 18 nitrogen and oxygen atoms in total. The van der Waals surface area contributed by atoms with Crippen LogP contribution in [0.1, 0.15) is 57.7 Å². The van der Waals surface area contributed by atoms with Gasteiger partial charge in [-0.15, -0.1) is 0 Å². The van der Waals surface area contributed by atoms with E-state index in [0.717, 1.165) is 4.90 Å². The Balaban J connectivity index is 1.65.